The molecule has 0 bridgehead atoms. The van der Waals surface area contributed by atoms with Crippen LogP contribution < -0.4 is 10.1 Å². The number of halogens is 1. The highest BCUT2D eigenvalue weighted by Crippen LogP contribution is 2.17. The molecule has 1 N–H and O–H groups in total. The van der Waals surface area contributed by atoms with Crippen molar-refractivity contribution in [3.63, 3.8) is 0 Å². The van der Waals surface area contributed by atoms with Crippen LogP contribution >= 0.6 is 11.6 Å². The molecular formula is C15H22ClNO2. The Balaban J connectivity index is 1.60. The zero-order valence-electron chi connectivity index (χ0n) is 11.4. The summed E-state index contributed by atoms with van der Waals surface area (Å²) in [5.41, 5.74) is 0. The molecule has 2 atom stereocenters. The van der Waals surface area contributed by atoms with Crippen molar-refractivity contribution in [3.8, 4) is 5.75 Å². The molecule has 1 aromatic carbocycles. The summed E-state index contributed by atoms with van der Waals surface area (Å²) in [7, 11) is 0. The summed E-state index contributed by atoms with van der Waals surface area (Å²) >= 11 is 5.91. The molecule has 4 heteroatoms. The van der Waals surface area contributed by atoms with Crippen molar-refractivity contribution < 1.29 is 9.47 Å². The summed E-state index contributed by atoms with van der Waals surface area (Å²) in [6.45, 7) is 5.67. The van der Waals surface area contributed by atoms with E-state index in [-0.39, 0.29) is 0 Å². The molecule has 0 saturated carbocycles. The topological polar surface area (TPSA) is 30.5 Å². The van der Waals surface area contributed by atoms with Gasteiger partial charge in [-0.05, 0) is 31.0 Å². The maximum atomic E-state index is 5.91. The van der Waals surface area contributed by atoms with E-state index < -0.39 is 0 Å². The fourth-order valence-electron chi connectivity index (χ4n) is 2.15. The summed E-state index contributed by atoms with van der Waals surface area (Å²) in [4.78, 5) is 0. The van der Waals surface area contributed by atoms with Gasteiger partial charge in [0.1, 0.15) is 5.75 Å². The number of nitrogens with one attached hydrogen (secondary N) is 1. The molecule has 2 rings (SSSR count). The molecule has 1 saturated heterocycles. The zero-order chi connectivity index (χ0) is 13.5. The van der Waals surface area contributed by atoms with Gasteiger partial charge in [-0.15, -0.1) is 0 Å². The third kappa shape index (κ3) is 5.39. The smallest absolute Gasteiger partial charge is 0.120 e. The van der Waals surface area contributed by atoms with Gasteiger partial charge in [0.05, 0.1) is 12.7 Å². The first-order valence-corrected chi connectivity index (χ1v) is 7.32. The summed E-state index contributed by atoms with van der Waals surface area (Å²) in [6, 6.07) is 7.52. The maximum absolute atomic E-state index is 5.91. The van der Waals surface area contributed by atoms with E-state index >= 15 is 0 Å². The number of rotatable bonds is 7. The van der Waals surface area contributed by atoms with Crippen LogP contribution in [0.1, 0.15) is 19.8 Å². The molecule has 0 aromatic heterocycles. The van der Waals surface area contributed by atoms with Gasteiger partial charge in [-0.3, -0.25) is 0 Å². The molecule has 1 aliphatic heterocycles. The third-order valence-electron chi connectivity index (χ3n) is 3.22. The SMILES string of the molecule is C[C@@H](CNC[C@H]1CCCO1)COc1cccc(Cl)c1. The van der Waals surface area contributed by atoms with Crippen molar-refractivity contribution >= 4 is 11.6 Å². The second kappa shape index (κ2) is 7.73. The fraction of sp³-hybridized carbons (Fsp3) is 0.600. The van der Waals surface area contributed by atoms with Crippen LogP contribution in [0.5, 0.6) is 5.75 Å². The van der Waals surface area contributed by atoms with Gasteiger partial charge in [0, 0.05) is 30.6 Å². The van der Waals surface area contributed by atoms with Crippen molar-refractivity contribution in [2.75, 3.05) is 26.3 Å². The minimum atomic E-state index is 0.404. The molecule has 0 unspecified atom stereocenters. The summed E-state index contributed by atoms with van der Waals surface area (Å²) in [5, 5.41) is 4.15. The third-order valence-corrected chi connectivity index (χ3v) is 3.45. The Morgan fingerprint density at radius 2 is 2.42 bits per heavy atom. The Bertz CT molecular complexity index is 380. The van der Waals surface area contributed by atoms with Crippen LogP contribution in [0.3, 0.4) is 0 Å². The predicted molar refractivity (Wildman–Crippen MR) is 78.0 cm³/mol. The van der Waals surface area contributed by atoms with Crippen LogP contribution in [0.25, 0.3) is 0 Å². The number of ether oxygens (including phenoxy) is 2. The first kappa shape index (κ1) is 14.6. The lowest BCUT2D eigenvalue weighted by Gasteiger charge is -2.16. The van der Waals surface area contributed by atoms with Crippen LogP contribution in [-0.2, 0) is 4.74 Å². The van der Waals surface area contributed by atoms with Crippen molar-refractivity contribution in [1.82, 2.24) is 5.32 Å². The van der Waals surface area contributed by atoms with E-state index in [2.05, 4.69) is 12.2 Å². The molecule has 0 amide bonds. The van der Waals surface area contributed by atoms with Gasteiger partial charge >= 0.3 is 0 Å². The Hall–Kier alpha value is -0.770. The standard InChI is InChI=1S/C15H22ClNO2/c1-12(9-17-10-15-6-3-7-18-15)11-19-14-5-2-4-13(16)8-14/h2,4-5,8,12,15,17H,3,6-7,9-11H2,1H3/t12-,15+/m0/s1. The largest absolute Gasteiger partial charge is 0.493 e. The molecule has 0 radical (unpaired) electrons. The van der Waals surface area contributed by atoms with Crippen molar-refractivity contribution in [3.05, 3.63) is 29.3 Å². The van der Waals surface area contributed by atoms with Crippen molar-refractivity contribution in [2.45, 2.75) is 25.9 Å². The number of hydrogen-bond donors (Lipinski definition) is 1. The molecule has 0 spiro atoms. The van der Waals surface area contributed by atoms with Crippen molar-refractivity contribution in [2.24, 2.45) is 5.92 Å². The Kier molecular flexibility index (Phi) is 5.95. The molecule has 1 aliphatic rings. The molecular weight excluding hydrogens is 262 g/mol. The Morgan fingerprint density at radius 3 is 3.16 bits per heavy atom. The minimum absolute atomic E-state index is 0.404. The molecule has 106 valence electrons. The van der Waals surface area contributed by atoms with Gasteiger partial charge < -0.3 is 14.8 Å². The maximum Gasteiger partial charge on any atom is 0.120 e. The van der Waals surface area contributed by atoms with Gasteiger partial charge in [-0.25, -0.2) is 0 Å². The lowest BCUT2D eigenvalue weighted by molar-refractivity contribution is 0.108. The van der Waals surface area contributed by atoms with Gasteiger partial charge in [-0.1, -0.05) is 24.6 Å². The van der Waals surface area contributed by atoms with Crippen LogP contribution in [-0.4, -0.2) is 32.4 Å². The minimum Gasteiger partial charge on any atom is -0.493 e. The first-order chi connectivity index (χ1) is 9.24. The number of benzene rings is 1. The highest BCUT2D eigenvalue weighted by atomic mass is 35.5. The lowest BCUT2D eigenvalue weighted by atomic mass is 10.2. The first-order valence-electron chi connectivity index (χ1n) is 6.94. The van der Waals surface area contributed by atoms with E-state index in [1.807, 2.05) is 24.3 Å². The molecule has 1 heterocycles. The average molecular weight is 284 g/mol. The van der Waals surface area contributed by atoms with E-state index in [4.69, 9.17) is 21.1 Å². The van der Waals surface area contributed by atoms with Crippen LogP contribution in [0, 0.1) is 5.92 Å². The summed E-state index contributed by atoms with van der Waals surface area (Å²) < 4.78 is 11.3. The molecule has 1 fully saturated rings. The van der Waals surface area contributed by atoms with Gasteiger partial charge in [-0.2, -0.15) is 0 Å². The summed E-state index contributed by atoms with van der Waals surface area (Å²) in [6.07, 6.45) is 2.78. The summed E-state index contributed by atoms with van der Waals surface area (Å²) in [5.74, 6) is 1.29. The molecule has 19 heavy (non-hydrogen) atoms. The second-order valence-electron chi connectivity index (χ2n) is 5.17. The normalized spacial score (nSPS) is 20.4. The highest BCUT2D eigenvalue weighted by Gasteiger charge is 2.15. The lowest BCUT2D eigenvalue weighted by Crippen LogP contribution is -2.31. The molecule has 1 aromatic rings. The van der Waals surface area contributed by atoms with E-state index in [0.29, 0.717) is 23.7 Å². The van der Waals surface area contributed by atoms with E-state index in [1.165, 1.54) is 12.8 Å². The van der Waals surface area contributed by atoms with Crippen LogP contribution in [0.15, 0.2) is 24.3 Å². The quantitative estimate of drug-likeness (QED) is 0.834. The molecule has 3 nitrogen and oxygen atoms in total. The van der Waals surface area contributed by atoms with E-state index in [0.717, 1.165) is 25.4 Å². The fourth-order valence-corrected chi connectivity index (χ4v) is 2.33. The van der Waals surface area contributed by atoms with Crippen LogP contribution in [0.4, 0.5) is 0 Å². The number of hydrogen-bond acceptors (Lipinski definition) is 3. The highest BCUT2D eigenvalue weighted by molar-refractivity contribution is 6.30. The average Bonchev–Trinajstić information content (AvgIpc) is 2.90. The predicted octanol–water partition coefficient (Wildman–Crippen LogP) is 3.12. The van der Waals surface area contributed by atoms with Crippen molar-refractivity contribution in [1.29, 1.82) is 0 Å². The van der Waals surface area contributed by atoms with E-state index in [9.17, 15) is 0 Å². The van der Waals surface area contributed by atoms with E-state index in [1.54, 1.807) is 0 Å². The van der Waals surface area contributed by atoms with Gasteiger partial charge in [0.25, 0.3) is 0 Å². The van der Waals surface area contributed by atoms with Gasteiger partial charge in [0.15, 0.2) is 0 Å². The van der Waals surface area contributed by atoms with Crippen LogP contribution in [0.2, 0.25) is 5.02 Å². The second-order valence-corrected chi connectivity index (χ2v) is 5.60. The monoisotopic (exact) mass is 283 g/mol. The zero-order valence-corrected chi connectivity index (χ0v) is 12.2. The Labute approximate surface area is 120 Å². The molecule has 0 aliphatic carbocycles. The van der Waals surface area contributed by atoms with Gasteiger partial charge in [0.2, 0.25) is 0 Å². The Morgan fingerprint density at radius 1 is 1.53 bits per heavy atom.